The van der Waals surface area contributed by atoms with Crippen LogP contribution in [0.25, 0.3) is 0 Å². The number of rotatable bonds is 12. The van der Waals surface area contributed by atoms with Crippen LogP contribution in [0.1, 0.15) is 46.5 Å². The molecule has 0 saturated heterocycles. The van der Waals surface area contributed by atoms with Gasteiger partial charge in [0.25, 0.3) is 0 Å². The summed E-state index contributed by atoms with van der Waals surface area (Å²) >= 11 is 0. The van der Waals surface area contributed by atoms with E-state index in [9.17, 15) is 4.79 Å². The van der Waals surface area contributed by atoms with Gasteiger partial charge in [-0.1, -0.05) is 27.2 Å². The van der Waals surface area contributed by atoms with Gasteiger partial charge in [-0.15, -0.1) is 0 Å². The van der Waals surface area contributed by atoms with Crippen LogP contribution >= 0.6 is 0 Å². The summed E-state index contributed by atoms with van der Waals surface area (Å²) in [5.74, 6) is -0.0785. The van der Waals surface area contributed by atoms with Crippen molar-refractivity contribution in [2.45, 2.75) is 46.5 Å². The summed E-state index contributed by atoms with van der Waals surface area (Å²) in [5, 5.41) is 0. The van der Waals surface area contributed by atoms with Gasteiger partial charge in [-0.25, -0.2) is 0 Å². The molecule has 0 aliphatic rings. The van der Waals surface area contributed by atoms with Gasteiger partial charge in [0, 0.05) is 6.61 Å². The predicted molar refractivity (Wildman–Crippen MR) is 71.6 cm³/mol. The Morgan fingerprint density at radius 3 is 2.00 bits per heavy atom. The van der Waals surface area contributed by atoms with Gasteiger partial charge in [0.05, 0.1) is 25.7 Å². The molecule has 0 N–H and O–H groups in total. The highest BCUT2D eigenvalue weighted by atomic mass is 16.6. The van der Waals surface area contributed by atoms with Gasteiger partial charge < -0.3 is 14.2 Å². The van der Waals surface area contributed by atoms with Crippen LogP contribution in [0, 0.1) is 5.92 Å². The first-order valence-corrected chi connectivity index (χ1v) is 7.08. The lowest BCUT2D eigenvalue weighted by Gasteiger charge is -2.12. The van der Waals surface area contributed by atoms with Crippen molar-refractivity contribution in [3.05, 3.63) is 0 Å². The minimum atomic E-state index is -0.109. The van der Waals surface area contributed by atoms with E-state index in [1.807, 2.05) is 13.8 Å². The van der Waals surface area contributed by atoms with Crippen molar-refractivity contribution in [2.24, 2.45) is 5.92 Å². The zero-order chi connectivity index (χ0) is 13.6. The summed E-state index contributed by atoms with van der Waals surface area (Å²) in [7, 11) is 0. The number of ether oxygens (including phenoxy) is 3. The van der Waals surface area contributed by atoms with E-state index in [0.717, 1.165) is 32.3 Å². The number of carbonyl (C=O) groups excluding carboxylic acids is 1. The molecule has 0 radical (unpaired) electrons. The Bertz CT molecular complexity index is 190. The molecule has 0 heterocycles. The van der Waals surface area contributed by atoms with Crippen molar-refractivity contribution in [1.82, 2.24) is 0 Å². The fourth-order valence-corrected chi connectivity index (χ4v) is 1.51. The quantitative estimate of drug-likeness (QED) is 0.400. The zero-order valence-corrected chi connectivity index (χ0v) is 12.1. The minimum Gasteiger partial charge on any atom is -0.463 e. The van der Waals surface area contributed by atoms with Gasteiger partial charge in [-0.3, -0.25) is 4.79 Å². The Morgan fingerprint density at radius 1 is 0.889 bits per heavy atom. The Labute approximate surface area is 111 Å². The van der Waals surface area contributed by atoms with Crippen LogP contribution in [0.15, 0.2) is 0 Å². The van der Waals surface area contributed by atoms with Crippen LogP contribution in [0.3, 0.4) is 0 Å². The molecule has 0 rings (SSSR count). The van der Waals surface area contributed by atoms with Gasteiger partial charge in [-0.2, -0.15) is 0 Å². The second kappa shape index (κ2) is 12.8. The molecule has 18 heavy (non-hydrogen) atoms. The van der Waals surface area contributed by atoms with Crippen LogP contribution in [0.2, 0.25) is 0 Å². The third-order valence-corrected chi connectivity index (χ3v) is 2.81. The van der Waals surface area contributed by atoms with E-state index in [4.69, 9.17) is 14.2 Å². The molecule has 0 fully saturated rings. The molecule has 0 aromatic heterocycles. The SMILES string of the molecule is CCCCOCCOCCOC(=O)C(CC)CC. The van der Waals surface area contributed by atoms with E-state index in [0.29, 0.717) is 26.4 Å². The van der Waals surface area contributed by atoms with E-state index < -0.39 is 0 Å². The Hall–Kier alpha value is -0.610. The highest BCUT2D eigenvalue weighted by molar-refractivity contribution is 5.72. The molecule has 0 aliphatic heterocycles. The first-order chi connectivity index (χ1) is 8.76. The average molecular weight is 260 g/mol. The van der Waals surface area contributed by atoms with E-state index >= 15 is 0 Å². The smallest absolute Gasteiger partial charge is 0.308 e. The molecule has 0 amide bonds. The highest BCUT2D eigenvalue weighted by Crippen LogP contribution is 2.09. The second-order valence-corrected chi connectivity index (χ2v) is 4.26. The lowest BCUT2D eigenvalue weighted by Crippen LogP contribution is -2.19. The summed E-state index contributed by atoms with van der Waals surface area (Å²) in [6.45, 7) is 8.89. The number of esters is 1. The molecule has 4 nitrogen and oxygen atoms in total. The Balaban J connectivity index is 3.27. The van der Waals surface area contributed by atoms with Crippen LogP contribution < -0.4 is 0 Å². The van der Waals surface area contributed by atoms with Crippen molar-refractivity contribution in [2.75, 3.05) is 33.0 Å². The first kappa shape index (κ1) is 17.4. The molecule has 0 unspecified atom stereocenters. The zero-order valence-electron chi connectivity index (χ0n) is 12.1. The number of unbranched alkanes of at least 4 members (excludes halogenated alkanes) is 1. The summed E-state index contributed by atoms with van der Waals surface area (Å²) in [4.78, 5) is 11.5. The largest absolute Gasteiger partial charge is 0.463 e. The standard InChI is InChI=1S/C14H28O4/c1-4-7-8-16-9-10-17-11-12-18-14(15)13(5-2)6-3/h13H,4-12H2,1-3H3. The third-order valence-electron chi connectivity index (χ3n) is 2.81. The maximum absolute atomic E-state index is 11.5. The highest BCUT2D eigenvalue weighted by Gasteiger charge is 2.14. The summed E-state index contributed by atoms with van der Waals surface area (Å²) in [5.41, 5.74) is 0. The molecule has 108 valence electrons. The van der Waals surface area contributed by atoms with Crippen LogP contribution in [-0.2, 0) is 19.0 Å². The normalized spacial score (nSPS) is 10.9. The first-order valence-electron chi connectivity index (χ1n) is 7.08. The van der Waals surface area contributed by atoms with Crippen molar-refractivity contribution in [1.29, 1.82) is 0 Å². The Kier molecular flexibility index (Phi) is 12.4. The fraction of sp³-hybridized carbons (Fsp3) is 0.929. The molecule has 0 bridgehead atoms. The average Bonchev–Trinajstić information content (AvgIpc) is 2.38. The lowest BCUT2D eigenvalue weighted by molar-refractivity contribution is -0.150. The van der Waals surface area contributed by atoms with E-state index in [-0.39, 0.29) is 11.9 Å². The number of hydrogen-bond donors (Lipinski definition) is 0. The topological polar surface area (TPSA) is 44.8 Å². The van der Waals surface area contributed by atoms with Crippen molar-refractivity contribution >= 4 is 5.97 Å². The molecule has 0 aromatic rings. The van der Waals surface area contributed by atoms with Gasteiger partial charge >= 0.3 is 5.97 Å². The number of carbonyl (C=O) groups is 1. The molecule has 0 saturated carbocycles. The molecule has 4 heteroatoms. The van der Waals surface area contributed by atoms with Crippen molar-refractivity contribution in [3.63, 3.8) is 0 Å². The predicted octanol–water partition coefficient (Wildman–Crippen LogP) is 2.80. The molecule has 0 aliphatic carbocycles. The van der Waals surface area contributed by atoms with Gasteiger partial charge in [0.1, 0.15) is 6.61 Å². The van der Waals surface area contributed by atoms with Crippen molar-refractivity contribution in [3.8, 4) is 0 Å². The summed E-state index contributed by atoms with van der Waals surface area (Å²) in [6, 6.07) is 0. The van der Waals surface area contributed by atoms with E-state index in [1.54, 1.807) is 0 Å². The van der Waals surface area contributed by atoms with E-state index in [1.165, 1.54) is 0 Å². The van der Waals surface area contributed by atoms with Crippen LogP contribution in [0.4, 0.5) is 0 Å². The Morgan fingerprint density at radius 2 is 1.44 bits per heavy atom. The van der Waals surface area contributed by atoms with Gasteiger partial charge in [-0.05, 0) is 19.3 Å². The maximum atomic E-state index is 11.5. The summed E-state index contributed by atoms with van der Waals surface area (Å²) in [6.07, 6.45) is 3.91. The lowest BCUT2D eigenvalue weighted by atomic mass is 10.0. The number of hydrogen-bond acceptors (Lipinski definition) is 4. The molecule has 0 spiro atoms. The third kappa shape index (κ3) is 9.42. The van der Waals surface area contributed by atoms with Crippen molar-refractivity contribution < 1.29 is 19.0 Å². The molecular formula is C14H28O4. The van der Waals surface area contributed by atoms with Crippen LogP contribution in [-0.4, -0.2) is 39.0 Å². The van der Waals surface area contributed by atoms with Crippen LogP contribution in [0.5, 0.6) is 0 Å². The molecular weight excluding hydrogens is 232 g/mol. The summed E-state index contributed by atoms with van der Waals surface area (Å²) < 4.78 is 15.8. The fourth-order valence-electron chi connectivity index (χ4n) is 1.51. The molecule has 0 atom stereocenters. The minimum absolute atomic E-state index is 0.0300. The molecule has 0 aromatic carbocycles. The monoisotopic (exact) mass is 260 g/mol. The maximum Gasteiger partial charge on any atom is 0.308 e. The van der Waals surface area contributed by atoms with E-state index in [2.05, 4.69) is 6.92 Å². The van der Waals surface area contributed by atoms with Gasteiger partial charge in [0.15, 0.2) is 0 Å². The second-order valence-electron chi connectivity index (χ2n) is 4.26. The van der Waals surface area contributed by atoms with Gasteiger partial charge in [0.2, 0.25) is 0 Å².